The number of hydrogen-bond donors (Lipinski definition) is 2. The van der Waals surface area contributed by atoms with Crippen molar-refractivity contribution < 1.29 is 19.8 Å². The fourth-order valence-electron chi connectivity index (χ4n) is 4.14. The monoisotopic (exact) mass is 482 g/mol. The minimum Gasteiger partial charge on any atom is -0.481 e. The van der Waals surface area contributed by atoms with Crippen molar-refractivity contribution in [1.29, 1.82) is 0 Å². The van der Waals surface area contributed by atoms with Gasteiger partial charge in [0.05, 0.1) is 12.8 Å². The summed E-state index contributed by atoms with van der Waals surface area (Å²) in [5, 5.41) is 17.9. The molecule has 0 aromatic heterocycles. The molecular formula is C28H54N2O4. The highest BCUT2D eigenvalue weighted by Crippen LogP contribution is 2.10. The average Bonchev–Trinajstić information content (AvgIpc) is 2.81. The van der Waals surface area contributed by atoms with Crippen LogP contribution in [0.5, 0.6) is 0 Å². The molecule has 200 valence electrons. The summed E-state index contributed by atoms with van der Waals surface area (Å²) in [7, 11) is 0. The van der Waals surface area contributed by atoms with Gasteiger partial charge in [0.2, 0.25) is 0 Å². The van der Waals surface area contributed by atoms with Crippen LogP contribution in [0.4, 0.5) is 0 Å². The first-order chi connectivity index (χ1) is 16.5. The fourth-order valence-corrected chi connectivity index (χ4v) is 4.14. The van der Waals surface area contributed by atoms with Crippen molar-refractivity contribution in [3.8, 4) is 0 Å². The van der Waals surface area contributed by atoms with Crippen LogP contribution in [0, 0.1) is 0 Å². The van der Waals surface area contributed by atoms with Gasteiger partial charge in [-0.1, -0.05) is 83.8 Å². The van der Waals surface area contributed by atoms with E-state index in [1.165, 1.54) is 83.5 Å². The third kappa shape index (κ3) is 23.7. The summed E-state index contributed by atoms with van der Waals surface area (Å²) in [4.78, 5) is 26.2. The van der Waals surface area contributed by atoms with Crippen LogP contribution in [0.25, 0.3) is 0 Å². The molecule has 6 nitrogen and oxygen atoms in total. The third-order valence-electron chi connectivity index (χ3n) is 6.45. The van der Waals surface area contributed by atoms with E-state index in [1.807, 2.05) is 6.92 Å². The molecule has 0 heterocycles. The first-order valence-electron chi connectivity index (χ1n) is 14.0. The minimum absolute atomic E-state index is 0.151. The van der Waals surface area contributed by atoms with Crippen LogP contribution in [0.3, 0.4) is 0 Å². The van der Waals surface area contributed by atoms with Gasteiger partial charge in [0.25, 0.3) is 0 Å². The van der Waals surface area contributed by atoms with Crippen LogP contribution in [-0.4, -0.2) is 71.2 Å². The van der Waals surface area contributed by atoms with Gasteiger partial charge in [0.1, 0.15) is 0 Å². The second-order valence-electron chi connectivity index (χ2n) is 9.50. The number of hydrogen-bond acceptors (Lipinski definition) is 4. The van der Waals surface area contributed by atoms with E-state index < -0.39 is 11.9 Å². The SMILES string of the molecule is CCCCCCCC/C=C\CCCCCCCCN(CCC(=O)O)CCN(CC)CCC(=O)O. The number of carboxylic acid groups (broad SMARTS) is 2. The highest BCUT2D eigenvalue weighted by Gasteiger charge is 2.11. The predicted octanol–water partition coefficient (Wildman–Crippen LogP) is 6.60. The maximum atomic E-state index is 11.0. The van der Waals surface area contributed by atoms with Crippen molar-refractivity contribution in [1.82, 2.24) is 9.80 Å². The molecule has 0 bridgehead atoms. The van der Waals surface area contributed by atoms with Gasteiger partial charge >= 0.3 is 11.9 Å². The number of unbranched alkanes of at least 4 members (excludes halogenated alkanes) is 12. The molecule has 0 aromatic carbocycles. The Morgan fingerprint density at radius 2 is 1.00 bits per heavy atom. The summed E-state index contributed by atoms with van der Waals surface area (Å²) in [5.74, 6) is -1.53. The molecule has 0 unspecified atom stereocenters. The molecule has 0 radical (unpaired) electrons. The van der Waals surface area contributed by atoms with Gasteiger partial charge in [0.15, 0.2) is 0 Å². The van der Waals surface area contributed by atoms with E-state index in [1.54, 1.807) is 0 Å². The van der Waals surface area contributed by atoms with E-state index in [0.29, 0.717) is 13.1 Å². The minimum atomic E-state index is -0.773. The van der Waals surface area contributed by atoms with Crippen LogP contribution in [0.2, 0.25) is 0 Å². The number of nitrogens with zero attached hydrogens (tertiary/aromatic N) is 2. The molecule has 6 heteroatoms. The third-order valence-corrected chi connectivity index (χ3v) is 6.45. The van der Waals surface area contributed by atoms with Gasteiger partial charge in [-0.25, -0.2) is 0 Å². The van der Waals surface area contributed by atoms with Crippen molar-refractivity contribution in [3.05, 3.63) is 12.2 Å². The lowest BCUT2D eigenvalue weighted by Gasteiger charge is -2.26. The van der Waals surface area contributed by atoms with E-state index in [4.69, 9.17) is 10.2 Å². The standard InChI is InChI=1S/C28H54N2O4/c1-3-5-6-7-8-9-10-11-12-13-14-15-16-17-18-19-22-30(24-21-28(33)34)26-25-29(4-2)23-20-27(31)32/h11-12H,3-10,13-26H2,1-2H3,(H,31,32)(H,33,34)/b12-11-. The molecule has 0 aromatic rings. The molecule has 0 rings (SSSR count). The number of carboxylic acids is 2. The van der Waals surface area contributed by atoms with Gasteiger partial charge < -0.3 is 20.0 Å². The molecule has 0 fully saturated rings. The van der Waals surface area contributed by atoms with Crippen LogP contribution in [0.15, 0.2) is 12.2 Å². The zero-order chi connectivity index (χ0) is 25.3. The Bertz CT molecular complexity index is 511. The zero-order valence-corrected chi connectivity index (χ0v) is 22.3. The summed E-state index contributed by atoms with van der Waals surface area (Å²) in [6, 6.07) is 0. The number of aliphatic carboxylic acids is 2. The number of allylic oxidation sites excluding steroid dienone is 2. The summed E-state index contributed by atoms with van der Waals surface area (Å²) < 4.78 is 0. The molecule has 34 heavy (non-hydrogen) atoms. The molecule has 0 amide bonds. The van der Waals surface area contributed by atoms with Gasteiger partial charge in [-0.2, -0.15) is 0 Å². The van der Waals surface area contributed by atoms with Gasteiger partial charge in [-0.3, -0.25) is 9.59 Å². The molecule has 0 aliphatic carbocycles. The number of carbonyl (C=O) groups is 2. The molecule has 2 N–H and O–H groups in total. The highest BCUT2D eigenvalue weighted by atomic mass is 16.4. The summed E-state index contributed by atoms with van der Waals surface area (Å²) in [6.07, 6.45) is 23.1. The lowest BCUT2D eigenvalue weighted by Crippen LogP contribution is -2.37. The van der Waals surface area contributed by atoms with Crippen molar-refractivity contribution in [3.63, 3.8) is 0 Å². The van der Waals surface area contributed by atoms with Crippen molar-refractivity contribution in [2.45, 2.75) is 117 Å². The number of rotatable bonds is 26. The second kappa shape index (κ2) is 24.7. The molecule has 0 saturated carbocycles. The Kier molecular flexibility index (Phi) is 23.7. The van der Waals surface area contributed by atoms with E-state index in [-0.39, 0.29) is 12.8 Å². The second-order valence-corrected chi connectivity index (χ2v) is 9.50. The smallest absolute Gasteiger partial charge is 0.304 e. The average molecular weight is 483 g/mol. The molecular weight excluding hydrogens is 428 g/mol. The van der Waals surface area contributed by atoms with Crippen LogP contribution >= 0.6 is 0 Å². The van der Waals surface area contributed by atoms with Crippen molar-refractivity contribution in [2.24, 2.45) is 0 Å². The maximum absolute atomic E-state index is 11.0. The van der Waals surface area contributed by atoms with Gasteiger partial charge in [-0.15, -0.1) is 0 Å². The van der Waals surface area contributed by atoms with E-state index in [0.717, 1.165) is 32.6 Å². The molecule has 0 aliphatic heterocycles. The Morgan fingerprint density at radius 3 is 1.50 bits per heavy atom. The fraction of sp³-hybridized carbons (Fsp3) is 0.857. The first kappa shape index (κ1) is 32.6. The molecule has 0 atom stereocenters. The Balaban J connectivity index is 3.82. The summed E-state index contributed by atoms with van der Waals surface area (Å²) in [5.41, 5.74) is 0. The van der Waals surface area contributed by atoms with Crippen LogP contribution < -0.4 is 0 Å². The quantitative estimate of drug-likeness (QED) is 0.107. The van der Waals surface area contributed by atoms with Crippen molar-refractivity contribution in [2.75, 3.05) is 39.3 Å². The maximum Gasteiger partial charge on any atom is 0.304 e. The van der Waals surface area contributed by atoms with E-state index >= 15 is 0 Å². The number of likely N-dealkylation sites (N-methyl/N-ethyl adjacent to an activating group) is 1. The lowest BCUT2D eigenvalue weighted by molar-refractivity contribution is -0.138. The van der Waals surface area contributed by atoms with E-state index in [9.17, 15) is 9.59 Å². The zero-order valence-electron chi connectivity index (χ0n) is 22.3. The molecule has 0 saturated heterocycles. The topological polar surface area (TPSA) is 81.1 Å². The molecule has 0 aliphatic rings. The largest absolute Gasteiger partial charge is 0.481 e. The summed E-state index contributed by atoms with van der Waals surface area (Å²) in [6.45, 7) is 8.73. The Labute approximate surface area is 209 Å². The van der Waals surface area contributed by atoms with Crippen LogP contribution in [0.1, 0.15) is 117 Å². The normalized spacial score (nSPS) is 11.8. The van der Waals surface area contributed by atoms with Crippen LogP contribution in [-0.2, 0) is 9.59 Å². The first-order valence-corrected chi connectivity index (χ1v) is 14.0. The lowest BCUT2D eigenvalue weighted by atomic mass is 10.1. The van der Waals surface area contributed by atoms with Crippen molar-refractivity contribution >= 4 is 11.9 Å². The Hall–Kier alpha value is -1.40. The van der Waals surface area contributed by atoms with Gasteiger partial charge in [0, 0.05) is 26.2 Å². The predicted molar refractivity (Wildman–Crippen MR) is 143 cm³/mol. The summed E-state index contributed by atoms with van der Waals surface area (Å²) >= 11 is 0. The molecule has 0 spiro atoms. The van der Waals surface area contributed by atoms with E-state index in [2.05, 4.69) is 28.9 Å². The van der Waals surface area contributed by atoms with Gasteiger partial charge in [-0.05, 0) is 45.2 Å². The highest BCUT2D eigenvalue weighted by molar-refractivity contribution is 5.67. The Morgan fingerprint density at radius 1 is 0.559 bits per heavy atom.